The van der Waals surface area contributed by atoms with E-state index in [-0.39, 0.29) is 5.82 Å². The van der Waals surface area contributed by atoms with Crippen molar-refractivity contribution in [1.29, 1.82) is 0 Å². The third-order valence-corrected chi connectivity index (χ3v) is 6.46. The first-order valence-electron chi connectivity index (χ1n) is 11.2. The van der Waals surface area contributed by atoms with Gasteiger partial charge in [-0.2, -0.15) is 0 Å². The summed E-state index contributed by atoms with van der Waals surface area (Å²) in [4.78, 5) is 13.0. The van der Waals surface area contributed by atoms with Gasteiger partial charge in [0.05, 0.1) is 20.3 Å². The molecular weight excluding hydrogens is 407 g/mol. The van der Waals surface area contributed by atoms with Crippen molar-refractivity contribution in [1.82, 2.24) is 19.8 Å². The molecule has 0 saturated carbocycles. The van der Waals surface area contributed by atoms with E-state index in [0.29, 0.717) is 5.75 Å². The van der Waals surface area contributed by atoms with Crippen LogP contribution in [0.15, 0.2) is 42.6 Å². The molecule has 3 aromatic rings. The largest absolute Gasteiger partial charge is 0.496 e. The molecule has 4 heterocycles. The summed E-state index contributed by atoms with van der Waals surface area (Å²) in [7, 11) is 1.61. The topological polar surface area (TPSA) is 53.6 Å². The molecule has 0 amide bonds. The van der Waals surface area contributed by atoms with Gasteiger partial charge in [-0.25, -0.2) is 9.37 Å². The molecule has 1 saturated heterocycles. The number of fused-ring (bicyclic) bond motifs is 1. The number of pyridine rings is 1. The van der Waals surface area contributed by atoms with Gasteiger partial charge in [-0.1, -0.05) is 6.08 Å². The predicted octanol–water partition coefficient (Wildman–Crippen LogP) is 3.80. The maximum absolute atomic E-state index is 14.0. The standard InChI is InChI=1S/C25H29FN4O2/c1-31-24-3-2-19(26)16-21(24)20-4-7-27-25-22(20)17-23(28-25)18-5-8-29(9-6-18)10-11-30-12-14-32-15-13-30/h2-5,7,16-17H,6,8-15H2,1H3,(H,27,28). The van der Waals surface area contributed by atoms with E-state index in [9.17, 15) is 4.39 Å². The molecule has 6 nitrogen and oxygen atoms in total. The number of halogens is 1. The number of morpholine rings is 1. The molecule has 32 heavy (non-hydrogen) atoms. The molecule has 0 spiro atoms. The Labute approximate surface area is 187 Å². The number of ether oxygens (including phenoxy) is 2. The number of aromatic nitrogens is 2. The highest BCUT2D eigenvalue weighted by molar-refractivity contribution is 5.96. The molecule has 0 atom stereocenters. The van der Waals surface area contributed by atoms with Crippen molar-refractivity contribution < 1.29 is 13.9 Å². The second-order valence-corrected chi connectivity index (χ2v) is 8.38. The molecule has 168 valence electrons. The summed E-state index contributed by atoms with van der Waals surface area (Å²) in [6.07, 6.45) is 5.06. The van der Waals surface area contributed by atoms with Gasteiger partial charge in [-0.05, 0) is 47.9 Å². The van der Waals surface area contributed by atoms with Crippen LogP contribution >= 0.6 is 0 Å². The Morgan fingerprint density at radius 3 is 2.69 bits per heavy atom. The summed E-state index contributed by atoms with van der Waals surface area (Å²) in [5, 5.41) is 0.974. The van der Waals surface area contributed by atoms with Crippen molar-refractivity contribution in [3.8, 4) is 16.9 Å². The first-order chi connectivity index (χ1) is 15.7. The summed E-state index contributed by atoms with van der Waals surface area (Å²) in [6, 6.07) is 8.66. The maximum atomic E-state index is 14.0. The van der Waals surface area contributed by atoms with Crippen LogP contribution in [0.5, 0.6) is 5.75 Å². The average Bonchev–Trinajstić information content (AvgIpc) is 3.28. The van der Waals surface area contributed by atoms with Crippen LogP contribution in [0.4, 0.5) is 4.39 Å². The maximum Gasteiger partial charge on any atom is 0.138 e. The van der Waals surface area contributed by atoms with E-state index in [1.807, 2.05) is 6.07 Å². The molecule has 2 aliphatic rings. The SMILES string of the molecule is COc1ccc(F)cc1-c1ccnc2[nH]c(C3=CCN(CCN4CCOCC4)CC3)cc12. The molecule has 1 aromatic carbocycles. The number of aromatic amines is 1. The Morgan fingerprint density at radius 1 is 1.06 bits per heavy atom. The third-order valence-electron chi connectivity index (χ3n) is 6.46. The van der Waals surface area contributed by atoms with Crippen molar-refractivity contribution in [3.05, 3.63) is 54.1 Å². The van der Waals surface area contributed by atoms with Gasteiger partial charge in [0.1, 0.15) is 17.2 Å². The summed E-state index contributed by atoms with van der Waals surface area (Å²) >= 11 is 0. The molecule has 0 aliphatic carbocycles. The van der Waals surface area contributed by atoms with Crippen molar-refractivity contribution in [2.45, 2.75) is 6.42 Å². The van der Waals surface area contributed by atoms with E-state index in [1.165, 1.54) is 17.7 Å². The fourth-order valence-corrected chi connectivity index (χ4v) is 4.59. The lowest BCUT2D eigenvalue weighted by Crippen LogP contribution is -2.42. The van der Waals surface area contributed by atoms with E-state index in [2.05, 4.69) is 31.9 Å². The molecule has 1 fully saturated rings. The van der Waals surface area contributed by atoms with Crippen LogP contribution < -0.4 is 4.74 Å². The summed E-state index contributed by atoms with van der Waals surface area (Å²) in [6.45, 7) is 7.95. The zero-order chi connectivity index (χ0) is 21.9. The Hall–Kier alpha value is -2.74. The Balaban J connectivity index is 1.34. The minimum absolute atomic E-state index is 0.284. The smallest absolute Gasteiger partial charge is 0.138 e. The van der Waals surface area contributed by atoms with Crippen LogP contribution in [-0.4, -0.2) is 79.4 Å². The molecule has 2 aromatic heterocycles. The second kappa shape index (κ2) is 9.40. The van der Waals surface area contributed by atoms with Crippen LogP contribution in [-0.2, 0) is 4.74 Å². The monoisotopic (exact) mass is 436 g/mol. The van der Waals surface area contributed by atoms with Crippen molar-refractivity contribution >= 4 is 16.6 Å². The molecule has 5 rings (SSSR count). The first-order valence-corrected chi connectivity index (χ1v) is 11.2. The number of hydrogen-bond acceptors (Lipinski definition) is 5. The summed E-state index contributed by atoms with van der Waals surface area (Å²) < 4.78 is 24.9. The lowest BCUT2D eigenvalue weighted by molar-refractivity contribution is 0.0338. The number of rotatable bonds is 6. The van der Waals surface area contributed by atoms with E-state index in [0.717, 1.165) is 86.8 Å². The zero-order valence-corrected chi connectivity index (χ0v) is 18.4. The minimum Gasteiger partial charge on any atom is -0.496 e. The highest BCUT2D eigenvalue weighted by Crippen LogP contribution is 2.36. The summed E-state index contributed by atoms with van der Waals surface area (Å²) in [5.41, 5.74) is 4.85. The van der Waals surface area contributed by atoms with E-state index in [1.54, 1.807) is 19.4 Å². The van der Waals surface area contributed by atoms with Crippen LogP contribution in [0, 0.1) is 5.82 Å². The van der Waals surface area contributed by atoms with Gasteiger partial charge in [0.15, 0.2) is 0 Å². The van der Waals surface area contributed by atoms with Crippen LogP contribution in [0.1, 0.15) is 12.1 Å². The molecular formula is C25H29FN4O2. The Morgan fingerprint density at radius 2 is 1.91 bits per heavy atom. The Bertz CT molecular complexity index is 1120. The lowest BCUT2D eigenvalue weighted by atomic mass is 10.0. The van der Waals surface area contributed by atoms with Gasteiger partial charge in [0.25, 0.3) is 0 Å². The van der Waals surface area contributed by atoms with Gasteiger partial charge < -0.3 is 14.5 Å². The minimum atomic E-state index is -0.284. The predicted molar refractivity (Wildman–Crippen MR) is 124 cm³/mol. The van der Waals surface area contributed by atoms with Crippen molar-refractivity contribution in [2.75, 3.05) is 59.6 Å². The normalized spacial score (nSPS) is 18.1. The molecule has 7 heteroatoms. The second-order valence-electron chi connectivity index (χ2n) is 8.38. The van der Waals surface area contributed by atoms with Crippen LogP contribution in [0.25, 0.3) is 27.7 Å². The molecule has 2 aliphatic heterocycles. The van der Waals surface area contributed by atoms with Crippen molar-refractivity contribution in [3.63, 3.8) is 0 Å². The number of hydrogen-bond donors (Lipinski definition) is 1. The third kappa shape index (κ3) is 4.41. The van der Waals surface area contributed by atoms with E-state index >= 15 is 0 Å². The first kappa shape index (κ1) is 21.1. The van der Waals surface area contributed by atoms with E-state index in [4.69, 9.17) is 9.47 Å². The van der Waals surface area contributed by atoms with Gasteiger partial charge in [-0.3, -0.25) is 9.80 Å². The number of benzene rings is 1. The summed E-state index contributed by atoms with van der Waals surface area (Å²) in [5.74, 6) is 0.364. The molecule has 0 bridgehead atoms. The highest BCUT2D eigenvalue weighted by atomic mass is 19.1. The van der Waals surface area contributed by atoms with Crippen molar-refractivity contribution in [2.24, 2.45) is 0 Å². The van der Waals surface area contributed by atoms with Gasteiger partial charge >= 0.3 is 0 Å². The Kier molecular flexibility index (Phi) is 6.21. The number of nitrogens with zero attached hydrogens (tertiary/aromatic N) is 3. The fraction of sp³-hybridized carbons (Fsp3) is 0.400. The highest BCUT2D eigenvalue weighted by Gasteiger charge is 2.18. The number of nitrogens with one attached hydrogen (secondary N) is 1. The molecule has 1 N–H and O–H groups in total. The average molecular weight is 437 g/mol. The van der Waals surface area contributed by atoms with Gasteiger partial charge in [0.2, 0.25) is 0 Å². The number of H-pyrrole nitrogens is 1. The number of methoxy groups -OCH3 is 1. The molecule has 0 radical (unpaired) electrons. The van der Waals surface area contributed by atoms with Gasteiger partial charge in [0, 0.05) is 62.1 Å². The lowest BCUT2D eigenvalue weighted by Gasteiger charge is -2.31. The quantitative estimate of drug-likeness (QED) is 0.637. The van der Waals surface area contributed by atoms with Crippen LogP contribution in [0.2, 0.25) is 0 Å². The zero-order valence-electron chi connectivity index (χ0n) is 18.4. The van der Waals surface area contributed by atoms with Crippen LogP contribution in [0.3, 0.4) is 0 Å². The van der Waals surface area contributed by atoms with E-state index < -0.39 is 0 Å². The fourth-order valence-electron chi connectivity index (χ4n) is 4.59. The van der Waals surface area contributed by atoms with Gasteiger partial charge in [-0.15, -0.1) is 0 Å². The molecule has 0 unspecified atom stereocenters.